The minimum Gasteiger partial charge on any atom is -0.497 e. The van der Waals surface area contributed by atoms with Gasteiger partial charge in [0.05, 0.1) is 12.7 Å². The Morgan fingerprint density at radius 3 is 2.74 bits per heavy atom. The minimum absolute atomic E-state index is 0.204. The highest BCUT2D eigenvalue weighted by Gasteiger charge is 2.20. The van der Waals surface area contributed by atoms with Crippen LogP contribution in [0.1, 0.15) is 21.8 Å². The lowest BCUT2D eigenvalue weighted by Crippen LogP contribution is -2.03. The summed E-state index contributed by atoms with van der Waals surface area (Å²) in [5, 5.41) is 0. The number of para-hydroxylation sites is 2. The van der Waals surface area contributed by atoms with Crippen LogP contribution in [0.25, 0.3) is 22.7 Å². The Labute approximate surface area is 156 Å². The molecule has 0 fully saturated rings. The average Bonchev–Trinajstić information content (AvgIpc) is 3.16. The van der Waals surface area contributed by atoms with Crippen molar-refractivity contribution in [2.24, 2.45) is 0 Å². The molecule has 2 aromatic carbocycles. The summed E-state index contributed by atoms with van der Waals surface area (Å²) in [6.07, 6.45) is 5.10. The third kappa shape index (κ3) is 3.48. The van der Waals surface area contributed by atoms with Crippen molar-refractivity contribution in [2.45, 2.75) is 0 Å². The molecule has 2 aromatic heterocycles. The Bertz CT molecular complexity index is 1100. The Morgan fingerprint density at radius 2 is 1.96 bits per heavy atom. The highest BCUT2D eigenvalue weighted by molar-refractivity contribution is 6.31. The van der Waals surface area contributed by atoms with E-state index in [2.05, 4.69) is 9.97 Å². The van der Waals surface area contributed by atoms with E-state index in [-0.39, 0.29) is 11.7 Å². The lowest BCUT2D eigenvalue weighted by molar-refractivity contribution is 0.105. The molecular weight excluding hydrogens is 340 g/mol. The van der Waals surface area contributed by atoms with Gasteiger partial charge in [-0.1, -0.05) is 30.3 Å². The van der Waals surface area contributed by atoms with Gasteiger partial charge in [-0.3, -0.25) is 9.78 Å². The molecular formula is C22H16N2O3. The molecule has 0 spiro atoms. The van der Waals surface area contributed by atoms with Gasteiger partial charge in [-0.2, -0.15) is 0 Å². The van der Waals surface area contributed by atoms with Gasteiger partial charge < -0.3 is 9.15 Å². The van der Waals surface area contributed by atoms with Crippen LogP contribution in [0.3, 0.4) is 0 Å². The van der Waals surface area contributed by atoms with E-state index in [1.165, 1.54) is 0 Å². The largest absolute Gasteiger partial charge is 0.497 e. The predicted octanol–water partition coefficient (Wildman–Crippen LogP) is 4.65. The number of oxazole rings is 1. The molecule has 4 aromatic rings. The van der Waals surface area contributed by atoms with Crippen LogP contribution in [0.5, 0.6) is 5.75 Å². The average molecular weight is 356 g/mol. The van der Waals surface area contributed by atoms with Crippen molar-refractivity contribution in [3.05, 3.63) is 90.1 Å². The Kier molecular flexibility index (Phi) is 4.49. The maximum absolute atomic E-state index is 13.3. The summed E-state index contributed by atoms with van der Waals surface area (Å²) in [5.74, 6) is 0.677. The second-order valence-electron chi connectivity index (χ2n) is 5.89. The maximum Gasteiger partial charge on any atom is 0.231 e. The fourth-order valence-electron chi connectivity index (χ4n) is 2.76. The molecule has 132 valence electrons. The van der Waals surface area contributed by atoms with Crippen molar-refractivity contribution in [1.29, 1.82) is 0 Å². The van der Waals surface area contributed by atoms with Crippen LogP contribution in [-0.4, -0.2) is 22.9 Å². The fraction of sp³-hybridized carbons (Fsp3) is 0.0455. The van der Waals surface area contributed by atoms with Gasteiger partial charge in [-0.15, -0.1) is 0 Å². The van der Waals surface area contributed by atoms with Gasteiger partial charge in [0.2, 0.25) is 5.89 Å². The highest BCUT2D eigenvalue weighted by Crippen LogP contribution is 2.27. The summed E-state index contributed by atoms with van der Waals surface area (Å²) in [6.45, 7) is 0. The standard InChI is InChI=1S/C22H16N2O3/c1-26-17-8-4-7-16(13-17)21(25)18(12-15-6-5-11-23-14-15)22-24-19-9-2-3-10-20(19)27-22/h2-14H,1H3/b18-12-. The molecule has 0 radical (unpaired) electrons. The SMILES string of the molecule is COc1cccc(C(=O)/C(=C/c2cccnc2)c2nc3ccccc3o2)c1. The Morgan fingerprint density at radius 1 is 1.07 bits per heavy atom. The van der Waals surface area contributed by atoms with E-state index in [0.29, 0.717) is 28.0 Å². The molecule has 4 rings (SSSR count). The molecule has 0 unspecified atom stereocenters. The number of fused-ring (bicyclic) bond motifs is 1. The molecule has 2 heterocycles. The minimum atomic E-state index is -0.204. The second-order valence-corrected chi connectivity index (χ2v) is 5.89. The zero-order valence-corrected chi connectivity index (χ0v) is 14.6. The first kappa shape index (κ1) is 16.7. The van der Waals surface area contributed by atoms with Gasteiger partial charge in [0.25, 0.3) is 0 Å². The van der Waals surface area contributed by atoms with Gasteiger partial charge in [0.1, 0.15) is 11.3 Å². The third-order valence-electron chi connectivity index (χ3n) is 4.10. The lowest BCUT2D eigenvalue weighted by Gasteiger charge is -2.06. The molecule has 0 bridgehead atoms. The molecule has 5 nitrogen and oxygen atoms in total. The quantitative estimate of drug-likeness (QED) is 0.384. The number of aromatic nitrogens is 2. The Balaban J connectivity index is 1.85. The molecule has 0 saturated heterocycles. The lowest BCUT2D eigenvalue weighted by atomic mass is 10.0. The smallest absolute Gasteiger partial charge is 0.231 e. The van der Waals surface area contributed by atoms with E-state index in [1.54, 1.807) is 49.8 Å². The first-order valence-corrected chi connectivity index (χ1v) is 8.41. The number of hydrogen-bond donors (Lipinski definition) is 0. The van der Waals surface area contributed by atoms with Crippen molar-refractivity contribution in [2.75, 3.05) is 7.11 Å². The van der Waals surface area contributed by atoms with Gasteiger partial charge in [0.15, 0.2) is 11.4 Å². The third-order valence-corrected chi connectivity index (χ3v) is 4.10. The number of benzene rings is 2. The van der Waals surface area contributed by atoms with E-state index in [4.69, 9.17) is 9.15 Å². The number of nitrogens with zero attached hydrogens (tertiary/aromatic N) is 2. The predicted molar refractivity (Wildman–Crippen MR) is 103 cm³/mol. The molecule has 27 heavy (non-hydrogen) atoms. The number of allylic oxidation sites excluding steroid dienone is 1. The second kappa shape index (κ2) is 7.25. The molecule has 0 aliphatic heterocycles. The fourth-order valence-corrected chi connectivity index (χ4v) is 2.76. The molecule has 0 aliphatic carbocycles. The number of ether oxygens (including phenoxy) is 1. The first-order valence-electron chi connectivity index (χ1n) is 8.41. The number of hydrogen-bond acceptors (Lipinski definition) is 5. The number of rotatable bonds is 5. The molecule has 0 amide bonds. The van der Waals surface area contributed by atoms with Crippen LogP contribution in [-0.2, 0) is 0 Å². The van der Waals surface area contributed by atoms with E-state index < -0.39 is 0 Å². The van der Waals surface area contributed by atoms with Crippen molar-refractivity contribution >= 4 is 28.5 Å². The molecule has 0 aliphatic rings. The van der Waals surface area contributed by atoms with Crippen LogP contribution < -0.4 is 4.74 Å². The van der Waals surface area contributed by atoms with Crippen LogP contribution in [0, 0.1) is 0 Å². The monoisotopic (exact) mass is 356 g/mol. The van der Waals surface area contributed by atoms with Gasteiger partial charge >= 0.3 is 0 Å². The van der Waals surface area contributed by atoms with E-state index in [0.717, 1.165) is 5.56 Å². The molecule has 0 atom stereocenters. The molecule has 0 N–H and O–H groups in total. The maximum atomic E-state index is 13.3. The molecule has 0 saturated carbocycles. The van der Waals surface area contributed by atoms with Crippen molar-refractivity contribution in [3.8, 4) is 5.75 Å². The van der Waals surface area contributed by atoms with Gasteiger partial charge in [-0.05, 0) is 42.0 Å². The van der Waals surface area contributed by atoms with Crippen LogP contribution in [0.15, 0.2) is 77.5 Å². The molecule has 5 heteroatoms. The summed E-state index contributed by atoms with van der Waals surface area (Å²) in [5.41, 5.74) is 2.95. The highest BCUT2D eigenvalue weighted by atomic mass is 16.5. The summed E-state index contributed by atoms with van der Waals surface area (Å²) in [6, 6.07) is 18.1. The van der Waals surface area contributed by atoms with Gasteiger partial charge in [0, 0.05) is 18.0 Å². The van der Waals surface area contributed by atoms with Crippen molar-refractivity contribution in [3.63, 3.8) is 0 Å². The summed E-state index contributed by atoms with van der Waals surface area (Å²) in [4.78, 5) is 21.8. The van der Waals surface area contributed by atoms with E-state index in [1.807, 2.05) is 36.4 Å². The van der Waals surface area contributed by atoms with Gasteiger partial charge in [-0.25, -0.2) is 4.98 Å². The normalized spacial score (nSPS) is 11.5. The Hall–Kier alpha value is -3.73. The zero-order valence-electron chi connectivity index (χ0n) is 14.6. The van der Waals surface area contributed by atoms with Crippen LogP contribution >= 0.6 is 0 Å². The van der Waals surface area contributed by atoms with Crippen molar-refractivity contribution in [1.82, 2.24) is 9.97 Å². The number of carbonyl (C=O) groups excluding carboxylic acids is 1. The summed E-state index contributed by atoms with van der Waals surface area (Å²) >= 11 is 0. The van der Waals surface area contributed by atoms with E-state index >= 15 is 0 Å². The van der Waals surface area contributed by atoms with E-state index in [9.17, 15) is 4.79 Å². The van der Waals surface area contributed by atoms with Crippen molar-refractivity contribution < 1.29 is 13.9 Å². The van der Waals surface area contributed by atoms with Crippen LogP contribution in [0.4, 0.5) is 0 Å². The number of ketones is 1. The number of pyridine rings is 1. The number of methoxy groups -OCH3 is 1. The number of carbonyl (C=O) groups is 1. The van der Waals surface area contributed by atoms with Crippen LogP contribution in [0.2, 0.25) is 0 Å². The summed E-state index contributed by atoms with van der Waals surface area (Å²) < 4.78 is 11.1. The number of Topliss-reactive ketones (excluding diaryl/α,β-unsaturated/α-hetero) is 1. The summed E-state index contributed by atoms with van der Waals surface area (Å²) in [7, 11) is 1.57. The zero-order chi connectivity index (χ0) is 18.6. The topological polar surface area (TPSA) is 65.2 Å². The first-order chi connectivity index (χ1) is 13.2.